The van der Waals surface area contributed by atoms with Gasteiger partial charge in [-0.2, -0.15) is 5.10 Å². The Kier molecular flexibility index (Phi) is 6.56. The molecule has 0 saturated carbocycles. The van der Waals surface area contributed by atoms with E-state index in [0.29, 0.717) is 12.1 Å². The largest absolute Gasteiger partial charge is 0.294 e. The summed E-state index contributed by atoms with van der Waals surface area (Å²) >= 11 is 3.68. The van der Waals surface area contributed by atoms with Gasteiger partial charge in [0.25, 0.3) is 0 Å². The average Bonchev–Trinajstić information content (AvgIpc) is 2.80. The van der Waals surface area contributed by atoms with Crippen LogP contribution in [0.15, 0.2) is 12.3 Å². The molecule has 1 aromatic rings. The van der Waals surface area contributed by atoms with Gasteiger partial charge >= 0.3 is 0 Å². The second kappa shape index (κ2) is 8.18. The van der Waals surface area contributed by atoms with Gasteiger partial charge in [-0.1, -0.05) is 42.6 Å². The van der Waals surface area contributed by atoms with Gasteiger partial charge in [0.2, 0.25) is 0 Å². The Bertz CT molecular complexity index is 387. The molecular weight excluding hydrogens is 314 g/mol. The molecule has 2 rings (SSSR count). The van der Waals surface area contributed by atoms with Crippen LogP contribution in [0.2, 0.25) is 0 Å². The van der Waals surface area contributed by atoms with E-state index in [1.165, 1.54) is 37.9 Å². The molecule has 1 fully saturated rings. The highest BCUT2D eigenvalue weighted by molar-refractivity contribution is 9.09. The zero-order valence-corrected chi connectivity index (χ0v) is 14.5. The van der Waals surface area contributed by atoms with E-state index in [4.69, 9.17) is 5.10 Å². The molecule has 20 heavy (non-hydrogen) atoms. The highest BCUT2D eigenvalue weighted by atomic mass is 79.9. The van der Waals surface area contributed by atoms with Gasteiger partial charge in [0.15, 0.2) is 0 Å². The molecule has 0 radical (unpaired) electrons. The van der Waals surface area contributed by atoms with Crippen LogP contribution in [0, 0.1) is 0 Å². The van der Waals surface area contributed by atoms with Crippen molar-refractivity contribution < 1.29 is 0 Å². The summed E-state index contributed by atoms with van der Waals surface area (Å²) in [7, 11) is 0. The molecule has 1 aliphatic heterocycles. The minimum Gasteiger partial charge on any atom is -0.294 e. The molecule has 0 spiro atoms. The monoisotopic (exact) mass is 341 g/mol. The summed E-state index contributed by atoms with van der Waals surface area (Å²) in [5.74, 6) is 0. The zero-order valence-electron chi connectivity index (χ0n) is 12.9. The molecule has 0 aromatic carbocycles. The van der Waals surface area contributed by atoms with Crippen LogP contribution < -0.4 is 0 Å². The molecule has 114 valence electrons. The number of aromatic nitrogens is 2. The Morgan fingerprint density at radius 3 is 2.80 bits per heavy atom. The Morgan fingerprint density at radius 2 is 2.10 bits per heavy atom. The maximum absolute atomic E-state index is 4.81. The fraction of sp³-hybridized carbons (Fsp3) is 0.812. The molecule has 1 unspecified atom stereocenters. The van der Waals surface area contributed by atoms with Crippen LogP contribution in [-0.4, -0.2) is 32.6 Å². The Labute approximate surface area is 131 Å². The molecule has 1 saturated heterocycles. The van der Waals surface area contributed by atoms with Crippen molar-refractivity contribution in [1.29, 1.82) is 0 Å². The lowest BCUT2D eigenvalue weighted by atomic mass is 10.1. The van der Waals surface area contributed by atoms with Crippen molar-refractivity contribution >= 4 is 15.9 Å². The average molecular weight is 342 g/mol. The molecule has 3 nitrogen and oxygen atoms in total. The third-order valence-electron chi connectivity index (χ3n) is 4.52. The molecule has 1 aliphatic rings. The topological polar surface area (TPSA) is 21.1 Å². The summed E-state index contributed by atoms with van der Waals surface area (Å²) in [5.41, 5.74) is 1.23. The number of rotatable bonds is 6. The lowest BCUT2D eigenvalue weighted by Gasteiger charge is -2.27. The highest BCUT2D eigenvalue weighted by Gasteiger charge is 2.21. The van der Waals surface area contributed by atoms with E-state index in [1.54, 1.807) is 0 Å². The summed E-state index contributed by atoms with van der Waals surface area (Å²) in [6.45, 7) is 6.70. The van der Waals surface area contributed by atoms with Crippen molar-refractivity contribution in [3.63, 3.8) is 0 Å². The van der Waals surface area contributed by atoms with Crippen molar-refractivity contribution in [3.8, 4) is 0 Å². The lowest BCUT2D eigenvalue weighted by molar-refractivity contribution is 0.206. The van der Waals surface area contributed by atoms with E-state index >= 15 is 0 Å². The fourth-order valence-electron chi connectivity index (χ4n) is 3.16. The second-order valence-electron chi connectivity index (χ2n) is 5.89. The van der Waals surface area contributed by atoms with Crippen molar-refractivity contribution in [2.75, 3.05) is 11.9 Å². The maximum Gasteiger partial charge on any atom is 0.0765 e. The number of likely N-dealkylation sites (tertiary alicyclic amines) is 1. The molecule has 0 aliphatic carbocycles. The third-order valence-corrected chi connectivity index (χ3v) is 5.27. The second-order valence-corrected chi connectivity index (χ2v) is 6.53. The van der Waals surface area contributed by atoms with Gasteiger partial charge in [-0.3, -0.25) is 9.58 Å². The van der Waals surface area contributed by atoms with E-state index < -0.39 is 0 Å². The molecule has 0 bridgehead atoms. The van der Waals surface area contributed by atoms with Crippen LogP contribution in [0.4, 0.5) is 0 Å². The van der Waals surface area contributed by atoms with Crippen molar-refractivity contribution in [1.82, 2.24) is 14.7 Å². The van der Waals surface area contributed by atoms with Crippen molar-refractivity contribution in [2.24, 2.45) is 0 Å². The Hall–Kier alpha value is -0.350. The first-order chi connectivity index (χ1) is 9.78. The fourth-order valence-corrected chi connectivity index (χ4v) is 3.89. The number of halogens is 1. The van der Waals surface area contributed by atoms with E-state index in [-0.39, 0.29) is 0 Å². The van der Waals surface area contributed by atoms with Crippen LogP contribution in [0.3, 0.4) is 0 Å². The predicted molar refractivity (Wildman–Crippen MR) is 88.3 cm³/mol. The first-order valence-electron chi connectivity index (χ1n) is 8.12. The molecule has 4 heteroatoms. The van der Waals surface area contributed by atoms with E-state index in [1.807, 2.05) is 0 Å². The van der Waals surface area contributed by atoms with Gasteiger partial charge in [0.1, 0.15) is 0 Å². The summed E-state index contributed by atoms with van der Waals surface area (Å²) < 4.78 is 2.16. The smallest absolute Gasteiger partial charge is 0.0765 e. The van der Waals surface area contributed by atoms with Crippen molar-refractivity contribution in [3.05, 3.63) is 18.0 Å². The molecule has 1 aromatic heterocycles. The summed E-state index contributed by atoms with van der Waals surface area (Å²) in [5, 5.41) is 5.89. The SMILES string of the molecule is CCC(CC)n1ccc(CN2CCCCCC2CBr)n1. The van der Waals surface area contributed by atoms with Gasteiger partial charge in [0.05, 0.1) is 11.7 Å². The van der Waals surface area contributed by atoms with Crippen LogP contribution in [0.5, 0.6) is 0 Å². The normalized spacial score (nSPS) is 21.3. The lowest BCUT2D eigenvalue weighted by Crippen LogP contribution is -2.35. The number of hydrogen-bond acceptors (Lipinski definition) is 2. The number of alkyl halides is 1. The molecule has 0 amide bonds. The van der Waals surface area contributed by atoms with Crippen LogP contribution in [-0.2, 0) is 6.54 Å². The molecule has 1 atom stereocenters. The van der Waals surface area contributed by atoms with Crippen molar-refractivity contribution in [2.45, 2.75) is 71.0 Å². The van der Waals surface area contributed by atoms with E-state index in [9.17, 15) is 0 Å². The van der Waals surface area contributed by atoms with Crippen LogP contribution >= 0.6 is 15.9 Å². The minimum absolute atomic E-state index is 0.555. The van der Waals surface area contributed by atoms with Gasteiger partial charge in [-0.15, -0.1) is 0 Å². The van der Waals surface area contributed by atoms with E-state index in [2.05, 4.69) is 51.6 Å². The Morgan fingerprint density at radius 1 is 1.30 bits per heavy atom. The first kappa shape index (κ1) is 16.0. The molecule has 2 heterocycles. The molecule has 0 N–H and O–H groups in total. The van der Waals surface area contributed by atoms with Crippen LogP contribution in [0.25, 0.3) is 0 Å². The zero-order chi connectivity index (χ0) is 14.4. The maximum atomic E-state index is 4.81. The summed E-state index contributed by atoms with van der Waals surface area (Å²) in [4.78, 5) is 2.61. The van der Waals surface area contributed by atoms with Gasteiger partial charge in [-0.05, 0) is 38.3 Å². The van der Waals surface area contributed by atoms with Gasteiger partial charge in [-0.25, -0.2) is 0 Å². The standard InChI is InChI=1S/C16H28BrN3/c1-3-15(4-2)20-11-9-14(18-20)13-19-10-7-5-6-8-16(19)12-17/h9,11,15-16H,3-8,10,12-13H2,1-2H3. The first-order valence-corrected chi connectivity index (χ1v) is 9.24. The quantitative estimate of drug-likeness (QED) is 0.715. The third kappa shape index (κ3) is 4.08. The summed E-state index contributed by atoms with van der Waals surface area (Å²) in [6.07, 6.45) is 9.87. The van der Waals surface area contributed by atoms with Crippen LogP contribution in [0.1, 0.15) is 64.1 Å². The predicted octanol–water partition coefficient (Wildman–Crippen LogP) is 4.38. The van der Waals surface area contributed by atoms with E-state index in [0.717, 1.165) is 24.7 Å². The number of nitrogens with zero attached hydrogens (tertiary/aromatic N) is 3. The number of hydrogen-bond donors (Lipinski definition) is 0. The minimum atomic E-state index is 0.555. The highest BCUT2D eigenvalue weighted by Crippen LogP contribution is 2.21. The Balaban J connectivity index is 2.01. The van der Waals surface area contributed by atoms with Gasteiger partial charge in [0, 0.05) is 24.1 Å². The van der Waals surface area contributed by atoms with Gasteiger partial charge < -0.3 is 0 Å². The summed E-state index contributed by atoms with van der Waals surface area (Å²) in [6, 6.07) is 3.43. The molecular formula is C16H28BrN3.